The van der Waals surface area contributed by atoms with Gasteiger partial charge in [-0.15, -0.1) is 0 Å². The van der Waals surface area contributed by atoms with Crippen molar-refractivity contribution in [2.45, 2.75) is 38.3 Å². The minimum absolute atomic E-state index is 0.435. The maximum Gasteiger partial charge on any atom is 0.321 e. The van der Waals surface area contributed by atoms with E-state index < -0.39 is 12.0 Å². The molecular weight excluding hydrogens is 278 g/mol. The molecule has 2 N–H and O–H groups in total. The highest BCUT2D eigenvalue weighted by Gasteiger charge is 2.36. The molecule has 4 nitrogen and oxygen atoms in total. The van der Waals surface area contributed by atoms with Crippen LogP contribution in [0, 0.1) is 5.92 Å². The number of benzene rings is 1. The second-order valence-corrected chi connectivity index (χ2v) is 6.09. The zero-order valence-electron chi connectivity index (χ0n) is 12.7. The Morgan fingerprint density at radius 3 is 2.68 bits per heavy atom. The largest absolute Gasteiger partial charge is 0.480 e. The van der Waals surface area contributed by atoms with Gasteiger partial charge in [0.2, 0.25) is 0 Å². The summed E-state index contributed by atoms with van der Waals surface area (Å²) >= 11 is 0. The zero-order chi connectivity index (χ0) is 15.5. The molecule has 1 heterocycles. The van der Waals surface area contributed by atoms with E-state index in [1.54, 1.807) is 0 Å². The predicted molar refractivity (Wildman–Crippen MR) is 83.6 cm³/mol. The zero-order valence-corrected chi connectivity index (χ0v) is 12.7. The van der Waals surface area contributed by atoms with E-state index in [2.05, 4.69) is 12.2 Å². The third-order valence-electron chi connectivity index (χ3n) is 4.26. The van der Waals surface area contributed by atoms with Crippen molar-refractivity contribution in [2.75, 3.05) is 0 Å². The molecule has 1 aromatic carbocycles. The molecule has 1 aromatic heterocycles. The summed E-state index contributed by atoms with van der Waals surface area (Å²) in [6.07, 6.45) is 1.65. The Morgan fingerprint density at radius 2 is 2.05 bits per heavy atom. The fourth-order valence-electron chi connectivity index (χ4n) is 2.73. The van der Waals surface area contributed by atoms with Crippen molar-refractivity contribution in [3.63, 3.8) is 0 Å². The Bertz CT molecular complexity index is 635. The van der Waals surface area contributed by atoms with Gasteiger partial charge in [0.15, 0.2) is 0 Å². The Morgan fingerprint density at radius 1 is 1.32 bits per heavy atom. The number of hydrogen-bond acceptors (Lipinski definition) is 3. The van der Waals surface area contributed by atoms with Crippen LogP contribution < -0.4 is 5.32 Å². The van der Waals surface area contributed by atoms with Crippen molar-refractivity contribution in [1.82, 2.24) is 5.32 Å². The molecular formula is C18H21NO3. The third-order valence-corrected chi connectivity index (χ3v) is 4.26. The lowest BCUT2D eigenvalue weighted by molar-refractivity contribution is -0.139. The van der Waals surface area contributed by atoms with Crippen molar-refractivity contribution in [1.29, 1.82) is 0 Å². The summed E-state index contributed by atoms with van der Waals surface area (Å²) in [6, 6.07) is 13.0. The lowest BCUT2D eigenvalue weighted by atomic mass is 10.1. The van der Waals surface area contributed by atoms with Gasteiger partial charge in [-0.05, 0) is 36.5 Å². The fourth-order valence-corrected chi connectivity index (χ4v) is 2.73. The number of nitrogens with one attached hydrogen (secondary N) is 1. The summed E-state index contributed by atoms with van der Waals surface area (Å²) < 4.78 is 5.80. The molecule has 0 saturated heterocycles. The fraction of sp³-hybridized carbons (Fsp3) is 0.389. The molecule has 1 fully saturated rings. The van der Waals surface area contributed by atoms with Crippen LogP contribution in [0.5, 0.6) is 0 Å². The van der Waals surface area contributed by atoms with Crippen LogP contribution in [0.1, 0.15) is 36.3 Å². The standard InChI is InChI=1S/C18H21NO3/c1-12-9-15(12)17-8-7-14(22-17)11-19-16(18(20)21)10-13-5-3-2-4-6-13/h2-8,12,15-16,19H,9-11H2,1H3,(H,20,21)/t12?,15?,16-/m0/s1. The number of hydrogen-bond donors (Lipinski definition) is 2. The van der Waals surface area contributed by atoms with E-state index in [4.69, 9.17) is 4.42 Å². The van der Waals surface area contributed by atoms with Gasteiger partial charge in [-0.3, -0.25) is 10.1 Å². The number of furan rings is 1. The molecule has 0 amide bonds. The van der Waals surface area contributed by atoms with Gasteiger partial charge >= 0.3 is 5.97 Å². The van der Waals surface area contributed by atoms with E-state index in [0.29, 0.717) is 24.8 Å². The summed E-state index contributed by atoms with van der Waals surface area (Å²) in [5.74, 6) is 2.24. The van der Waals surface area contributed by atoms with Crippen LogP contribution in [-0.2, 0) is 17.8 Å². The Hall–Kier alpha value is -2.07. The summed E-state index contributed by atoms with van der Waals surface area (Å²) in [5.41, 5.74) is 1.01. The first-order chi connectivity index (χ1) is 10.6. The van der Waals surface area contributed by atoms with Crippen LogP contribution >= 0.6 is 0 Å². The highest BCUT2D eigenvalue weighted by molar-refractivity contribution is 5.73. The SMILES string of the molecule is CC1CC1c1ccc(CN[C@@H](Cc2ccccc2)C(=O)O)o1. The topological polar surface area (TPSA) is 62.5 Å². The van der Waals surface area contributed by atoms with Crippen LogP contribution in [0.3, 0.4) is 0 Å². The molecule has 116 valence electrons. The van der Waals surface area contributed by atoms with Gasteiger partial charge in [0.25, 0.3) is 0 Å². The molecule has 2 unspecified atom stereocenters. The highest BCUT2D eigenvalue weighted by atomic mass is 16.4. The first-order valence-corrected chi connectivity index (χ1v) is 7.72. The van der Waals surface area contributed by atoms with E-state index >= 15 is 0 Å². The van der Waals surface area contributed by atoms with Crippen LogP contribution in [0.15, 0.2) is 46.9 Å². The molecule has 0 aliphatic heterocycles. The number of carboxylic acid groups (broad SMARTS) is 1. The summed E-state index contributed by atoms with van der Waals surface area (Å²) in [7, 11) is 0. The van der Waals surface area contributed by atoms with Gasteiger partial charge in [0.1, 0.15) is 17.6 Å². The van der Waals surface area contributed by atoms with E-state index in [1.807, 2.05) is 42.5 Å². The van der Waals surface area contributed by atoms with Crippen molar-refractivity contribution in [3.8, 4) is 0 Å². The van der Waals surface area contributed by atoms with Gasteiger partial charge in [0, 0.05) is 5.92 Å². The maximum absolute atomic E-state index is 11.4. The van der Waals surface area contributed by atoms with Gasteiger partial charge in [-0.25, -0.2) is 0 Å². The first-order valence-electron chi connectivity index (χ1n) is 7.72. The molecule has 1 aliphatic carbocycles. The molecule has 3 atom stereocenters. The Kier molecular flexibility index (Phi) is 4.29. The van der Waals surface area contributed by atoms with E-state index in [-0.39, 0.29) is 0 Å². The van der Waals surface area contributed by atoms with Gasteiger partial charge in [-0.1, -0.05) is 37.3 Å². The van der Waals surface area contributed by atoms with Crippen LogP contribution in [0.4, 0.5) is 0 Å². The summed E-state index contributed by atoms with van der Waals surface area (Å²) in [4.78, 5) is 11.4. The van der Waals surface area contributed by atoms with E-state index in [9.17, 15) is 9.90 Å². The number of carbonyl (C=O) groups is 1. The molecule has 4 heteroatoms. The Labute approximate surface area is 130 Å². The monoisotopic (exact) mass is 299 g/mol. The number of rotatable bonds is 7. The van der Waals surface area contributed by atoms with Crippen LogP contribution in [0.2, 0.25) is 0 Å². The minimum atomic E-state index is -0.841. The number of carboxylic acids is 1. The average Bonchev–Trinajstić information content (AvgIpc) is 3.06. The van der Waals surface area contributed by atoms with Crippen molar-refractivity contribution >= 4 is 5.97 Å². The third kappa shape index (κ3) is 3.57. The normalized spacial score (nSPS) is 21.5. The second-order valence-electron chi connectivity index (χ2n) is 6.09. The van der Waals surface area contributed by atoms with Crippen LogP contribution in [0.25, 0.3) is 0 Å². The molecule has 0 spiro atoms. The molecule has 0 radical (unpaired) electrons. The summed E-state index contributed by atoms with van der Waals surface area (Å²) in [5, 5.41) is 12.4. The smallest absolute Gasteiger partial charge is 0.321 e. The average molecular weight is 299 g/mol. The van der Waals surface area contributed by atoms with Crippen molar-refractivity contribution in [3.05, 3.63) is 59.5 Å². The lowest BCUT2D eigenvalue weighted by Crippen LogP contribution is -2.38. The Balaban J connectivity index is 1.57. The first kappa shape index (κ1) is 14.9. The predicted octanol–water partition coefficient (Wildman–Crippen LogP) is 3.19. The molecule has 1 saturated carbocycles. The number of aliphatic carboxylic acids is 1. The highest BCUT2D eigenvalue weighted by Crippen LogP contribution is 2.47. The van der Waals surface area contributed by atoms with Crippen molar-refractivity contribution < 1.29 is 14.3 Å². The van der Waals surface area contributed by atoms with Gasteiger partial charge in [0.05, 0.1) is 6.54 Å². The molecule has 0 bridgehead atoms. The maximum atomic E-state index is 11.4. The molecule has 1 aliphatic rings. The van der Waals surface area contributed by atoms with Gasteiger partial charge in [-0.2, -0.15) is 0 Å². The van der Waals surface area contributed by atoms with E-state index in [0.717, 1.165) is 17.1 Å². The van der Waals surface area contributed by atoms with Crippen LogP contribution in [-0.4, -0.2) is 17.1 Å². The van der Waals surface area contributed by atoms with Crippen molar-refractivity contribution in [2.24, 2.45) is 5.92 Å². The molecule has 22 heavy (non-hydrogen) atoms. The molecule has 2 aromatic rings. The molecule has 3 rings (SSSR count). The minimum Gasteiger partial charge on any atom is -0.480 e. The van der Waals surface area contributed by atoms with E-state index in [1.165, 1.54) is 6.42 Å². The summed E-state index contributed by atoms with van der Waals surface area (Å²) in [6.45, 7) is 2.65. The van der Waals surface area contributed by atoms with Gasteiger partial charge < -0.3 is 9.52 Å². The lowest BCUT2D eigenvalue weighted by Gasteiger charge is -2.13. The second kappa shape index (κ2) is 6.36. The quantitative estimate of drug-likeness (QED) is 0.824.